The first kappa shape index (κ1) is 15.4. The van der Waals surface area contributed by atoms with E-state index in [2.05, 4.69) is 22.4 Å². The zero-order valence-corrected chi connectivity index (χ0v) is 12.7. The maximum Gasteiger partial charge on any atom is 0.240 e. The van der Waals surface area contributed by atoms with Gasteiger partial charge in [0.15, 0.2) is 5.82 Å². The molecule has 0 radical (unpaired) electrons. The Kier molecular flexibility index (Phi) is 6.47. The van der Waals surface area contributed by atoms with E-state index in [9.17, 15) is 0 Å². The minimum Gasteiger partial charge on any atom is -0.383 e. The molecule has 2 rings (SSSR count). The summed E-state index contributed by atoms with van der Waals surface area (Å²) in [6.45, 7) is 4.40. The Morgan fingerprint density at radius 1 is 1.30 bits per heavy atom. The second kappa shape index (κ2) is 8.37. The molecule has 0 spiro atoms. The van der Waals surface area contributed by atoms with Crippen molar-refractivity contribution in [2.75, 3.05) is 20.3 Å². The van der Waals surface area contributed by atoms with Gasteiger partial charge in [-0.1, -0.05) is 24.9 Å². The quantitative estimate of drug-likeness (QED) is 0.742. The van der Waals surface area contributed by atoms with Gasteiger partial charge >= 0.3 is 0 Å². The van der Waals surface area contributed by atoms with E-state index in [1.807, 2.05) is 0 Å². The molecule has 0 atom stereocenters. The summed E-state index contributed by atoms with van der Waals surface area (Å²) in [5, 5.41) is 7.37. The highest BCUT2D eigenvalue weighted by Crippen LogP contribution is 2.36. The number of aromatic nitrogens is 2. The van der Waals surface area contributed by atoms with Crippen molar-refractivity contribution >= 4 is 0 Å². The Hall–Kier alpha value is -0.940. The normalized spacial score (nSPS) is 23.1. The molecular formula is C15H27N3O2. The van der Waals surface area contributed by atoms with Gasteiger partial charge in [-0.25, -0.2) is 0 Å². The Labute approximate surface area is 121 Å². The van der Waals surface area contributed by atoms with E-state index in [0.717, 1.165) is 18.3 Å². The molecule has 1 aromatic heterocycles. The third-order valence-corrected chi connectivity index (χ3v) is 4.15. The van der Waals surface area contributed by atoms with E-state index in [1.165, 1.54) is 38.5 Å². The van der Waals surface area contributed by atoms with Crippen molar-refractivity contribution in [3.8, 4) is 0 Å². The third kappa shape index (κ3) is 4.56. The monoisotopic (exact) mass is 281 g/mol. The molecule has 114 valence electrons. The largest absolute Gasteiger partial charge is 0.383 e. The molecule has 1 N–H and O–H groups in total. The van der Waals surface area contributed by atoms with Gasteiger partial charge in [-0.2, -0.15) is 4.98 Å². The smallest absolute Gasteiger partial charge is 0.240 e. The molecule has 0 aliphatic heterocycles. The minimum atomic E-state index is 0.500. The van der Waals surface area contributed by atoms with Gasteiger partial charge < -0.3 is 14.6 Å². The average Bonchev–Trinajstić information content (AvgIpc) is 2.94. The van der Waals surface area contributed by atoms with Crippen molar-refractivity contribution in [1.82, 2.24) is 15.5 Å². The number of rotatable bonds is 8. The van der Waals surface area contributed by atoms with Crippen LogP contribution in [-0.4, -0.2) is 30.4 Å². The summed E-state index contributed by atoms with van der Waals surface area (Å²) in [7, 11) is 1.70. The number of methoxy groups -OCH3 is 1. The summed E-state index contributed by atoms with van der Waals surface area (Å²) >= 11 is 0. The van der Waals surface area contributed by atoms with E-state index in [0.29, 0.717) is 25.0 Å². The van der Waals surface area contributed by atoms with Crippen LogP contribution in [0.4, 0.5) is 0 Å². The average molecular weight is 281 g/mol. The van der Waals surface area contributed by atoms with Crippen LogP contribution in [0, 0.1) is 5.92 Å². The Morgan fingerprint density at radius 2 is 2.10 bits per heavy atom. The number of hydrogen-bond acceptors (Lipinski definition) is 5. The van der Waals surface area contributed by atoms with Gasteiger partial charge in [0.1, 0.15) is 0 Å². The van der Waals surface area contributed by atoms with Gasteiger partial charge in [-0.3, -0.25) is 0 Å². The van der Waals surface area contributed by atoms with Gasteiger partial charge in [0, 0.05) is 19.6 Å². The Morgan fingerprint density at radius 3 is 2.80 bits per heavy atom. The molecule has 0 amide bonds. The summed E-state index contributed by atoms with van der Waals surface area (Å²) in [6.07, 6.45) is 7.72. The van der Waals surface area contributed by atoms with Crippen molar-refractivity contribution < 1.29 is 9.26 Å². The first-order chi connectivity index (χ1) is 9.83. The molecule has 1 aliphatic rings. The van der Waals surface area contributed by atoms with E-state index in [-0.39, 0.29) is 0 Å². The van der Waals surface area contributed by atoms with Crippen LogP contribution in [-0.2, 0) is 11.3 Å². The molecule has 5 nitrogen and oxygen atoms in total. The van der Waals surface area contributed by atoms with Crippen molar-refractivity contribution in [3.05, 3.63) is 11.7 Å². The fraction of sp³-hybridized carbons (Fsp3) is 0.867. The first-order valence-electron chi connectivity index (χ1n) is 7.85. The van der Waals surface area contributed by atoms with Crippen LogP contribution in [0.5, 0.6) is 0 Å². The van der Waals surface area contributed by atoms with Gasteiger partial charge in [-0.15, -0.1) is 0 Å². The molecule has 1 aromatic rings. The molecule has 1 aliphatic carbocycles. The summed E-state index contributed by atoms with van der Waals surface area (Å²) in [5.74, 6) is 3.01. The molecule has 0 aromatic carbocycles. The van der Waals surface area contributed by atoms with Gasteiger partial charge in [0.25, 0.3) is 0 Å². The third-order valence-electron chi connectivity index (χ3n) is 4.15. The first-order valence-corrected chi connectivity index (χ1v) is 7.85. The molecule has 20 heavy (non-hydrogen) atoms. The van der Waals surface area contributed by atoms with Gasteiger partial charge in [-0.05, 0) is 31.6 Å². The zero-order valence-electron chi connectivity index (χ0n) is 12.7. The lowest BCUT2D eigenvalue weighted by Gasteiger charge is -2.26. The maximum atomic E-state index is 5.31. The lowest BCUT2D eigenvalue weighted by Crippen LogP contribution is -2.19. The molecule has 1 heterocycles. The highest BCUT2D eigenvalue weighted by Gasteiger charge is 2.25. The predicted molar refractivity (Wildman–Crippen MR) is 77.5 cm³/mol. The minimum absolute atomic E-state index is 0.500. The van der Waals surface area contributed by atoms with Crippen LogP contribution in [0.2, 0.25) is 0 Å². The highest BCUT2D eigenvalue weighted by atomic mass is 16.5. The number of nitrogens with zero attached hydrogens (tertiary/aromatic N) is 2. The zero-order chi connectivity index (χ0) is 14.2. The van der Waals surface area contributed by atoms with Gasteiger partial charge in [0.2, 0.25) is 5.89 Å². The Bertz CT molecular complexity index is 373. The number of ether oxygens (including phenoxy) is 1. The lowest BCUT2D eigenvalue weighted by atomic mass is 9.80. The van der Waals surface area contributed by atoms with Crippen LogP contribution >= 0.6 is 0 Å². The van der Waals surface area contributed by atoms with Crippen LogP contribution in [0.25, 0.3) is 0 Å². The van der Waals surface area contributed by atoms with Crippen LogP contribution in [0.15, 0.2) is 4.52 Å². The van der Waals surface area contributed by atoms with Crippen LogP contribution in [0.3, 0.4) is 0 Å². The highest BCUT2D eigenvalue weighted by molar-refractivity contribution is 4.97. The van der Waals surface area contributed by atoms with Gasteiger partial charge in [0.05, 0.1) is 13.2 Å². The second-order valence-corrected chi connectivity index (χ2v) is 5.72. The summed E-state index contributed by atoms with van der Waals surface area (Å²) < 4.78 is 10.3. The fourth-order valence-electron chi connectivity index (χ4n) is 2.99. The summed E-state index contributed by atoms with van der Waals surface area (Å²) in [6, 6.07) is 0. The SMILES string of the molecule is CCCC1CCC(c2noc(CNCCOC)n2)CC1. The molecular weight excluding hydrogens is 254 g/mol. The van der Waals surface area contributed by atoms with Crippen molar-refractivity contribution in [3.63, 3.8) is 0 Å². The molecule has 1 fully saturated rings. The van der Waals surface area contributed by atoms with Crippen molar-refractivity contribution in [1.29, 1.82) is 0 Å². The van der Waals surface area contributed by atoms with Crippen molar-refractivity contribution in [2.45, 2.75) is 57.9 Å². The summed E-state index contributed by atoms with van der Waals surface area (Å²) in [5.41, 5.74) is 0. The van der Waals surface area contributed by atoms with Crippen LogP contribution < -0.4 is 5.32 Å². The fourth-order valence-corrected chi connectivity index (χ4v) is 2.99. The predicted octanol–water partition coefficient (Wildman–Crippen LogP) is 2.88. The molecule has 0 unspecified atom stereocenters. The molecule has 5 heteroatoms. The number of nitrogens with one attached hydrogen (secondary N) is 1. The van der Waals surface area contributed by atoms with E-state index in [4.69, 9.17) is 9.26 Å². The number of hydrogen-bond donors (Lipinski definition) is 1. The maximum absolute atomic E-state index is 5.31. The van der Waals surface area contributed by atoms with Crippen molar-refractivity contribution in [2.24, 2.45) is 5.92 Å². The second-order valence-electron chi connectivity index (χ2n) is 5.72. The Balaban J connectivity index is 1.75. The summed E-state index contributed by atoms with van der Waals surface area (Å²) in [4.78, 5) is 4.52. The van der Waals surface area contributed by atoms with E-state index < -0.39 is 0 Å². The standard InChI is InChI=1S/C15H27N3O2/c1-3-4-12-5-7-13(8-6-12)15-17-14(20-18-15)11-16-9-10-19-2/h12-13,16H,3-11H2,1-2H3. The molecule has 0 bridgehead atoms. The van der Waals surface area contributed by atoms with E-state index in [1.54, 1.807) is 7.11 Å². The topological polar surface area (TPSA) is 60.2 Å². The van der Waals surface area contributed by atoms with Crippen LogP contribution in [0.1, 0.15) is 63.1 Å². The molecule has 1 saturated carbocycles. The van der Waals surface area contributed by atoms with E-state index >= 15 is 0 Å². The molecule has 0 saturated heterocycles. The lowest BCUT2D eigenvalue weighted by molar-refractivity contribution is 0.197.